The number of nitrogens with one attached hydrogen (secondary N) is 2. The van der Waals surface area contributed by atoms with Crippen molar-refractivity contribution >= 4 is 41.5 Å². The van der Waals surface area contributed by atoms with Crippen LogP contribution >= 0.6 is 35.6 Å². The fourth-order valence-corrected chi connectivity index (χ4v) is 1.91. The predicted molar refractivity (Wildman–Crippen MR) is 98.7 cm³/mol. The van der Waals surface area contributed by atoms with E-state index in [2.05, 4.69) is 25.8 Å². The first kappa shape index (κ1) is 18.7. The number of benzene rings is 1. The third-order valence-corrected chi connectivity index (χ3v) is 2.85. The minimum atomic E-state index is 0. The number of guanidine groups is 1. The van der Waals surface area contributed by atoms with Gasteiger partial charge in [0, 0.05) is 23.7 Å². The van der Waals surface area contributed by atoms with E-state index in [1.165, 1.54) is 0 Å². The molecule has 0 saturated carbocycles. The van der Waals surface area contributed by atoms with Crippen molar-refractivity contribution in [2.45, 2.75) is 20.4 Å². The number of nitrogens with zero attached hydrogens (tertiary/aromatic N) is 3. The van der Waals surface area contributed by atoms with Gasteiger partial charge < -0.3 is 15.2 Å². The summed E-state index contributed by atoms with van der Waals surface area (Å²) in [6.45, 7) is 5.93. The Labute approximate surface area is 151 Å². The number of aromatic nitrogens is 2. The fourth-order valence-electron chi connectivity index (χ4n) is 1.72. The molecule has 0 saturated heterocycles. The highest BCUT2D eigenvalue weighted by Crippen LogP contribution is 2.19. The molecule has 0 atom stereocenters. The summed E-state index contributed by atoms with van der Waals surface area (Å²) in [6, 6.07) is 7.32. The van der Waals surface area contributed by atoms with E-state index in [-0.39, 0.29) is 24.0 Å². The van der Waals surface area contributed by atoms with Crippen LogP contribution in [0.1, 0.15) is 19.7 Å². The first-order valence-electron chi connectivity index (χ1n) is 6.83. The van der Waals surface area contributed by atoms with Gasteiger partial charge in [-0.1, -0.05) is 28.9 Å². The van der Waals surface area contributed by atoms with Crippen LogP contribution in [0.25, 0.3) is 11.4 Å². The molecule has 0 spiro atoms. The topological polar surface area (TPSA) is 75.3 Å². The third-order valence-electron chi connectivity index (χ3n) is 2.61. The summed E-state index contributed by atoms with van der Waals surface area (Å²) in [5, 5.41) is 10.8. The molecule has 8 heteroatoms. The molecule has 0 unspecified atom stereocenters. The van der Waals surface area contributed by atoms with Crippen LogP contribution in [0.4, 0.5) is 0 Å². The van der Waals surface area contributed by atoms with E-state index in [1.807, 2.05) is 26.0 Å². The van der Waals surface area contributed by atoms with E-state index in [4.69, 9.17) is 16.1 Å². The molecule has 0 radical (unpaired) electrons. The Kier molecular flexibility index (Phi) is 8.18. The Morgan fingerprint density at radius 2 is 2.00 bits per heavy atom. The molecule has 0 amide bonds. The van der Waals surface area contributed by atoms with E-state index in [9.17, 15) is 0 Å². The summed E-state index contributed by atoms with van der Waals surface area (Å²) in [4.78, 5) is 8.68. The van der Waals surface area contributed by atoms with Gasteiger partial charge in [-0.25, -0.2) is 4.99 Å². The van der Waals surface area contributed by atoms with Crippen LogP contribution in [-0.4, -0.2) is 29.2 Å². The van der Waals surface area contributed by atoms with Crippen molar-refractivity contribution in [3.8, 4) is 11.4 Å². The van der Waals surface area contributed by atoms with Crippen LogP contribution in [0.15, 0.2) is 33.8 Å². The lowest BCUT2D eigenvalue weighted by Crippen LogP contribution is -2.36. The Bertz CT molecular complexity index is 609. The lowest BCUT2D eigenvalue weighted by atomic mass is 10.2. The number of halogens is 2. The third kappa shape index (κ3) is 5.45. The molecule has 2 rings (SSSR count). The normalized spacial score (nSPS) is 9.77. The van der Waals surface area contributed by atoms with Gasteiger partial charge in [0.05, 0.1) is 0 Å². The van der Waals surface area contributed by atoms with Gasteiger partial charge in [-0.05, 0) is 26.0 Å². The average molecular weight is 436 g/mol. The monoisotopic (exact) mass is 435 g/mol. The second kappa shape index (κ2) is 9.62. The van der Waals surface area contributed by atoms with E-state index >= 15 is 0 Å². The van der Waals surface area contributed by atoms with Crippen molar-refractivity contribution < 1.29 is 4.52 Å². The molecular formula is C14H19ClIN5O. The minimum Gasteiger partial charge on any atom is -0.357 e. The molecule has 0 fully saturated rings. The number of aliphatic imine (C=N–C) groups is 1. The Morgan fingerprint density at radius 3 is 2.64 bits per heavy atom. The smallest absolute Gasteiger partial charge is 0.248 e. The lowest BCUT2D eigenvalue weighted by Gasteiger charge is -2.07. The zero-order chi connectivity index (χ0) is 15.1. The summed E-state index contributed by atoms with van der Waals surface area (Å²) in [6.07, 6.45) is 0. The van der Waals surface area contributed by atoms with Crippen molar-refractivity contribution in [2.24, 2.45) is 4.99 Å². The van der Waals surface area contributed by atoms with Gasteiger partial charge in [-0.2, -0.15) is 4.98 Å². The molecule has 1 heterocycles. The van der Waals surface area contributed by atoms with Crippen LogP contribution in [0.2, 0.25) is 5.02 Å². The van der Waals surface area contributed by atoms with Crippen LogP contribution < -0.4 is 10.6 Å². The minimum absolute atomic E-state index is 0. The molecule has 0 aliphatic carbocycles. The van der Waals surface area contributed by atoms with Crippen LogP contribution in [0, 0.1) is 0 Å². The van der Waals surface area contributed by atoms with Crippen molar-refractivity contribution in [3.05, 3.63) is 35.2 Å². The average Bonchev–Trinajstić information content (AvgIpc) is 2.94. The summed E-state index contributed by atoms with van der Waals surface area (Å²) in [7, 11) is 0. The molecular weight excluding hydrogens is 417 g/mol. The van der Waals surface area contributed by atoms with Crippen molar-refractivity contribution in [1.82, 2.24) is 20.8 Å². The summed E-state index contributed by atoms with van der Waals surface area (Å²) in [5.74, 6) is 1.69. The zero-order valence-corrected chi connectivity index (χ0v) is 15.6. The standard InChI is InChI=1S/C14H18ClN5O.HI/c1-3-16-14(17-4-2)18-9-12-19-13(20-21-12)10-6-5-7-11(15)8-10;/h5-8H,3-4,9H2,1-2H3,(H2,16,17,18);1H. The molecule has 22 heavy (non-hydrogen) atoms. The molecule has 0 aliphatic rings. The Balaban J connectivity index is 0.00000242. The van der Waals surface area contributed by atoms with Gasteiger partial charge in [-0.15, -0.1) is 24.0 Å². The second-order valence-corrected chi connectivity index (χ2v) is 4.68. The van der Waals surface area contributed by atoms with Crippen LogP contribution in [0.3, 0.4) is 0 Å². The van der Waals surface area contributed by atoms with Crippen molar-refractivity contribution in [3.63, 3.8) is 0 Å². The van der Waals surface area contributed by atoms with Crippen LogP contribution in [-0.2, 0) is 6.54 Å². The zero-order valence-electron chi connectivity index (χ0n) is 12.5. The van der Waals surface area contributed by atoms with E-state index in [0.717, 1.165) is 24.6 Å². The molecule has 2 aromatic rings. The van der Waals surface area contributed by atoms with Gasteiger partial charge in [0.2, 0.25) is 11.7 Å². The lowest BCUT2D eigenvalue weighted by molar-refractivity contribution is 0.380. The number of hydrogen-bond donors (Lipinski definition) is 2. The highest BCUT2D eigenvalue weighted by Gasteiger charge is 2.08. The van der Waals surface area contributed by atoms with E-state index < -0.39 is 0 Å². The quantitative estimate of drug-likeness (QED) is 0.429. The van der Waals surface area contributed by atoms with Crippen molar-refractivity contribution in [2.75, 3.05) is 13.1 Å². The Hall–Kier alpha value is -1.35. The molecule has 0 bridgehead atoms. The maximum atomic E-state index is 5.95. The molecule has 1 aromatic heterocycles. The van der Waals surface area contributed by atoms with Gasteiger partial charge >= 0.3 is 0 Å². The number of rotatable bonds is 5. The van der Waals surface area contributed by atoms with Gasteiger partial charge in [-0.3, -0.25) is 0 Å². The first-order valence-corrected chi connectivity index (χ1v) is 7.21. The molecule has 1 aromatic carbocycles. The van der Waals surface area contributed by atoms with E-state index in [1.54, 1.807) is 12.1 Å². The molecule has 6 nitrogen and oxygen atoms in total. The maximum absolute atomic E-state index is 5.95. The summed E-state index contributed by atoms with van der Waals surface area (Å²) in [5.41, 5.74) is 0.820. The summed E-state index contributed by atoms with van der Waals surface area (Å²) < 4.78 is 5.20. The Morgan fingerprint density at radius 1 is 1.27 bits per heavy atom. The summed E-state index contributed by atoms with van der Waals surface area (Å²) >= 11 is 5.95. The van der Waals surface area contributed by atoms with E-state index in [0.29, 0.717) is 23.3 Å². The molecule has 0 aliphatic heterocycles. The van der Waals surface area contributed by atoms with Gasteiger partial charge in [0.25, 0.3) is 0 Å². The highest BCUT2D eigenvalue weighted by molar-refractivity contribution is 14.0. The van der Waals surface area contributed by atoms with Crippen molar-refractivity contribution in [1.29, 1.82) is 0 Å². The fraction of sp³-hybridized carbons (Fsp3) is 0.357. The van der Waals surface area contributed by atoms with Gasteiger partial charge in [0.1, 0.15) is 6.54 Å². The van der Waals surface area contributed by atoms with Gasteiger partial charge in [0.15, 0.2) is 5.96 Å². The SMILES string of the molecule is CCNC(=NCc1nc(-c2cccc(Cl)c2)no1)NCC.I. The highest BCUT2D eigenvalue weighted by atomic mass is 127. The maximum Gasteiger partial charge on any atom is 0.248 e. The first-order chi connectivity index (χ1) is 10.2. The predicted octanol–water partition coefficient (Wildman–Crippen LogP) is 3.08. The molecule has 2 N–H and O–H groups in total. The largest absolute Gasteiger partial charge is 0.357 e. The number of hydrogen-bond acceptors (Lipinski definition) is 4. The molecule has 120 valence electrons. The van der Waals surface area contributed by atoms with Crippen LogP contribution in [0.5, 0.6) is 0 Å². The second-order valence-electron chi connectivity index (χ2n) is 4.25.